The maximum Gasteiger partial charge on any atom is 0.243 e. The number of rotatable bonds is 8. The lowest BCUT2D eigenvalue weighted by Gasteiger charge is -2.30. The largest absolute Gasteiger partial charge is 0.357 e. The SMILES string of the molecule is CNC(=O)[C@@H](C)N(Cc1ccc(Cl)c(Cl)c1)C(=O)CN(C)S(=O)(=O)c1ccc2ccccc2c1. The van der Waals surface area contributed by atoms with Gasteiger partial charge < -0.3 is 10.2 Å². The first-order valence-electron chi connectivity index (χ1n) is 10.4. The second kappa shape index (κ2) is 10.7. The van der Waals surface area contributed by atoms with Crippen molar-refractivity contribution in [1.82, 2.24) is 14.5 Å². The van der Waals surface area contributed by atoms with Crippen molar-refractivity contribution in [2.45, 2.75) is 24.4 Å². The van der Waals surface area contributed by atoms with Gasteiger partial charge in [0.1, 0.15) is 6.04 Å². The molecule has 1 atom stereocenters. The highest BCUT2D eigenvalue weighted by atomic mass is 35.5. The molecule has 0 aliphatic rings. The number of benzene rings is 3. The van der Waals surface area contributed by atoms with Crippen LogP contribution in [0.25, 0.3) is 10.8 Å². The molecule has 3 aromatic carbocycles. The molecule has 0 aliphatic carbocycles. The molecule has 0 unspecified atom stereocenters. The minimum atomic E-state index is -3.95. The lowest BCUT2D eigenvalue weighted by Crippen LogP contribution is -2.50. The maximum atomic E-state index is 13.2. The fourth-order valence-electron chi connectivity index (χ4n) is 3.50. The molecule has 0 fully saturated rings. The van der Waals surface area contributed by atoms with Crippen molar-refractivity contribution in [2.24, 2.45) is 0 Å². The van der Waals surface area contributed by atoms with Gasteiger partial charge in [-0.3, -0.25) is 9.59 Å². The third-order valence-electron chi connectivity index (χ3n) is 5.54. The summed E-state index contributed by atoms with van der Waals surface area (Å²) in [6, 6.07) is 16.3. The van der Waals surface area contributed by atoms with Crippen molar-refractivity contribution in [3.05, 3.63) is 76.3 Å². The van der Waals surface area contributed by atoms with E-state index in [4.69, 9.17) is 23.2 Å². The molecule has 3 rings (SSSR count). The van der Waals surface area contributed by atoms with E-state index in [1.54, 1.807) is 37.3 Å². The Morgan fingerprint density at radius 1 is 0.971 bits per heavy atom. The molecule has 0 spiro atoms. The molecule has 1 N–H and O–H groups in total. The van der Waals surface area contributed by atoms with E-state index in [9.17, 15) is 18.0 Å². The Balaban J connectivity index is 1.86. The summed E-state index contributed by atoms with van der Waals surface area (Å²) in [7, 11) is -1.14. The van der Waals surface area contributed by atoms with E-state index in [2.05, 4.69) is 5.32 Å². The number of carbonyl (C=O) groups excluding carboxylic acids is 2. The predicted octanol–water partition coefficient (Wildman–Crippen LogP) is 3.93. The molecular formula is C24H25Cl2N3O4S. The van der Waals surface area contributed by atoms with E-state index < -0.39 is 28.5 Å². The molecule has 0 saturated heterocycles. The van der Waals surface area contributed by atoms with Crippen LogP contribution in [-0.4, -0.2) is 56.1 Å². The van der Waals surface area contributed by atoms with Crippen molar-refractivity contribution in [2.75, 3.05) is 20.6 Å². The van der Waals surface area contributed by atoms with Gasteiger partial charge in [0.2, 0.25) is 21.8 Å². The van der Waals surface area contributed by atoms with E-state index in [0.717, 1.165) is 15.1 Å². The van der Waals surface area contributed by atoms with E-state index >= 15 is 0 Å². The van der Waals surface area contributed by atoms with Crippen LogP contribution in [0, 0.1) is 0 Å². The van der Waals surface area contributed by atoms with E-state index in [-0.39, 0.29) is 17.3 Å². The van der Waals surface area contributed by atoms with Gasteiger partial charge in [-0.05, 0) is 47.5 Å². The van der Waals surface area contributed by atoms with E-state index in [0.29, 0.717) is 15.6 Å². The fourth-order valence-corrected chi connectivity index (χ4v) is 4.98. The number of nitrogens with zero attached hydrogens (tertiary/aromatic N) is 2. The number of hydrogen-bond acceptors (Lipinski definition) is 4. The fraction of sp³-hybridized carbons (Fsp3) is 0.250. The highest BCUT2D eigenvalue weighted by molar-refractivity contribution is 7.89. The normalized spacial score (nSPS) is 12.5. The Morgan fingerprint density at radius 3 is 2.29 bits per heavy atom. The van der Waals surface area contributed by atoms with Crippen LogP contribution in [0.4, 0.5) is 0 Å². The Morgan fingerprint density at radius 2 is 1.65 bits per heavy atom. The molecule has 7 nitrogen and oxygen atoms in total. The summed E-state index contributed by atoms with van der Waals surface area (Å²) < 4.78 is 27.3. The van der Waals surface area contributed by atoms with Crippen LogP contribution in [0.1, 0.15) is 12.5 Å². The number of likely N-dealkylation sites (N-methyl/N-ethyl adjacent to an activating group) is 2. The molecule has 180 valence electrons. The van der Waals surface area contributed by atoms with Crippen LogP contribution < -0.4 is 5.32 Å². The van der Waals surface area contributed by atoms with Gasteiger partial charge >= 0.3 is 0 Å². The molecule has 0 aliphatic heterocycles. The zero-order chi connectivity index (χ0) is 25.0. The molecule has 3 aromatic rings. The number of hydrogen-bond donors (Lipinski definition) is 1. The first kappa shape index (κ1) is 26.0. The Hall–Kier alpha value is -2.65. The van der Waals surface area contributed by atoms with Crippen molar-refractivity contribution >= 4 is 55.8 Å². The van der Waals surface area contributed by atoms with Crippen LogP contribution in [0.5, 0.6) is 0 Å². The van der Waals surface area contributed by atoms with E-state index in [1.807, 2.05) is 24.3 Å². The zero-order valence-corrected chi connectivity index (χ0v) is 21.3. The molecule has 10 heteroatoms. The van der Waals surface area contributed by atoms with Gasteiger partial charge in [-0.25, -0.2) is 8.42 Å². The van der Waals surface area contributed by atoms with Crippen LogP contribution >= 0.6 is 23.2 Å². The third kappa shape index (κ3) is 5.70. The van der Waals surface area contributed by atoms with Crippen molar-refractivity contribution in [3.63, 3.8) is 0 Å². The first-order valence-corrected chi connectivity index (χ1v) is 12.6. The second-order valence-corrected chi connectivity index (χ2v) is 10.7. The molecule has 0 aromatic heterocycles. The first-order chi connectivity index (χ1) is 16.0. The van der Waals surface area contributed by atoms with Crippen LogP contribution in [0.15, 0.2) is 65.6 Å². The summed E-state index contributed by atoms with van der Waals surface area (Å²) >= 11 is 12.1. The number of carbonyl (C=O) groups is 2. The summed E-state index contributed by atoms with van der Waals surface area (Å²) in [5.41, 5.74) is 0.651. The molecular weight excluding hydrogens is 497 g/mol. The minimum absolute atomic E-state index is 0.0498. The molecule has 34 heavy (non-hydrogen) atoms. The third-order valence-corrected chi connectivity index (χ3v) is 8.08. The van der Waals surface area contributed by atoms with Gasteiger partial charge in [-0.1, -0.05) is 59.6 Å². The van der Waals surface area contributed by atoms with Crippen LogP contribution in [0.2, 0.25) is 10.0 Å². The van der Waals surface area contributed by atoms with Gasteiger partial charge in [0.05, 0.1) is 21.5 Å². The zero-order valence-electron chi connectivity index (χ0n) is 19.0. The van der Waals surface area contributed by atoms with Crippen molar-refractivity contribution in [1.29, 1.82) is 0 Å². The van der Waals surface area contributed by atoms with Gasteiger partial charge in [0.15, 0.2) is 0 Å². The van der Waals surface area contributed by atoms with Crippen LogP contribution in [0.3, 0.4) is 0 Å². The summed E-state index contributed by atoms with van der Waals surface area (Å²) in [6.45, 7) is 1.18. The second-order valence-electron chi connectivity index (χ2n) is 7.83. The number of sulfonamides is 1. The number of amides is 2. The van der Waals surface area contributed by atoms with Gasteiger partial charge in [-0.15, -0.1) is 0 Å². The molecule has 2 amide bonds. The summed E-state index contributed by atoms with van der Waals surface area (Å²) in [6.07, 6.45) is 0. The Kier molecular flexibility index (Phi) is 8.20. The minimum Gasteiger partial charge on any atom is -0.357 e. The Bertz CT molecular complexity index is 1330. The van der Waals surface area contributed by atoms with Crippen molar-refractivity contribution in [3.8, 4) is 0 Å². The monoisotopic (exact) mass is 521 g/mol. The lowest BCUT2D eigenvalue weighted by molar-refractivity contribution is -0.140. The summed E-state index contributed by atoms with van der Waals surface area (Å²) in [5, 5.41) is 4.89. The molecule has 0 radical (unpaired) electrons. The van der Waals surface area contributed by atoms with Gasteiger partial charge in [0, 0.05) is 20.6 Å². The van der Waals surface area contributed by atoms with E-state index in [1.165, 1.54) is 25.1 Å². The summed E-state index contributed by atoms with van der Waals surface area (Å²) in [4.78, 5) is 26.9. The van der Waals surface area contributed by atoms with Crippen molar-refractivity contribution < 1.29 is 18.0 Å². The number of nitrogens with one attached hydrogen (secondary N) is 1. The number of halogens is 2. The smallest absolute Gasteiger partial charge is 0.243 e. The van der Waals surface area contributed by atoms with Crippen LogP contribution in [-0.2, 0) is 26.2 Å². The highest BCUT2D eigenvalue weighted by Gasteiger charge is 2.30. The Labute approximate surface area is 209 Å². The average Bonchev–Trinajstić information content (AvgIpc) is 2.83. The molecule has 0 bridgehead atoms. The van der Waals surface area contributed by atoms with Gasteiger partial charge in [0.25, 0.3) is 0 Å². The maximum absolute atomic E-state index is 13.2. The standard InChI is InChI=1S/C24H25Cl2N3O4S/c1-16(24(31)27-2)29(14-17-8-11-21(25)22(26)12-17)23(30)15-28(3)34(32,33)20-10-9-18-6-4-5-7-19(18)13-20/h4-13,16H,14-15H2,1-3H3,(H,27,31)/t16-/m1/s1. The predicted molar refractivity (Wildman–Crippen MR) is 134 cm³/mol. The molecule has 0 heterocycles. The molecule has 0 saturated carbocycles. The highest BCUT2D eigenvalue weighted by Crippen LogP contribution is 2.24. The quantitative estimate of drug-likeness (QED) is 0.486. The lowest BCUT2D eigenvalue weighted by atomic mass is 10.1. The summed E-state index contributed by atoms with van der Waals surface area (Å²) in [5.74, 6) is -0.914. The number of fused-ring (bicyclic) bond motifs is 1. The topological polar surface area (TPSA) is 86.8 Å². The van der Waals surface area contributed by atoms with Gasteiger partial charge in [-0.2, -0.15) is 4.31 Å². The average molecular weight is 522 g/mol.